The van der Waals surface area contributed by atoms with Crippen LogP contribution in [-0.2, 0) is 22.6 Å². The Kier molecular flexibility index (Phi) is 7.25. The third kappa shape index (κ3) is 6.91. The van der Waals surface area contributed by atoms with E-state index in [9.17, 15) is 9.59 Å². The number of carbonyl (C=O) groups excluding carboxylic acids is 2. The number of hydrogen-bond acceptors (Lipinski definition) is 3. The van der Waals surface area contributed by atoms with E-state index in [0.29, 0.717) is 13.0 Å². The summed E-state index contributed by atoms with van der Waals surface area (Å²) in [5, 5.41) is 5.26. The molecule has 0 saturated heterocycles. The lowest BCUT2D eigenvalue weighted by atomic mass is 10.1. The Balaban J connectivity index is 1.70. The summed E-state index contributed by atoms with van der Waals surface area (Å²) in [4.78, 5) is 22.9. The quantitative estimate of drug-likeness (QED) is 0.816. The molecule has 25 heavy (non-hydrogen) atoms. The van der Waals surface area contributed by atoms with Gasteiger partial charge in [0.2, 0.25) is 5.91 Å². The average molecular weight is 338 g/mol. The smallest absolute Gasteiger partial charge is 0.407 e. The summed E-state index contributed by atoms with van der Waals surface area (Å²) in [5.41, 5.74) is 2.91. The number of amides is 2. The Morgan fingerprint density at radius 1 is 1.00 bits per heavy atom. The summed E-state index contributed by atoms with van der Waals surface area (Å²) in [6.45, 7) is 0.636. The molecule has 130 valence electrons. The van der Waals surface area contributed by atoms with Gasteiger partial charge in [-0.2, -0.15) is 0 Å². The molecule has 0 aliphatic rings. The number of carbonyl (C=O) groups is 2. The van der Waals surface area contributed by atoms with Crippen LogP contribution in [0.2, 0.25) is 0 Å². The van der Waals surface area contributed by atoms with Crippen molar-refractivity contribution in [3.8, 4) is 0 Å². The fraction of sp³-hybridized carbons (Fsp3) is 0.200. The number of likely N-dealkylation sites (N-methyl/N-ethyl adjacent to an activating group) is 1. The highest BCUT2D eigenvalue weighted by atomic mass is 16.5. The molecule has 0 unspecified atom stereocenters. The zero-order chi connectivity index (χ0) is 17.9. The number of rotatable bonds is 7. The van der Waals surface area contributed by atoms with Crippen LogP contribution in [0.5, 0.6) is 0 Å². The first-order chi connectivity index (χ1) is 12.2. The zero-order valence-corrected chi connectivity index (χ0v) is 14.2. The van der Waals surface area contributed by atoms with E-state index in [4.69, 9.17) is 4.74 Å². The fourth-order valence-corrected chi connectivity index (χ4v) is 2.13. The van der Waals surface area contributed by atoms with Gasteiger partial charge >= 0.3 is 6.09 Å². The molecule has 0 saturated carbocycles. The lowest BCUT2D eigenvalue weighted by Gasteiger charge is -2.05. The lowest BCUT2D eigenvalue weighted by Crippen LogP contribution is -2.24. The van der Waals surface area contributed by atoms with Crippen LogP contribution in [0.3, 0.4) is 0 Å². The number of alkyl carbamates (subject to hydrolysis) is 1. The van der Waals surface area contributed by atoms with E-state index in [1.807, 2.05) is 66.7 Å². The largest absolute Gasteiger partial charge is 0.445 e. The summed E-state index contributed by atoms with van der Waals surface area (Å²) in [6.07, 6.45) is 3.67. The summed E-state index contributed by atoms with van der Waals surface area (Å²) in [6, 6.07) is 17.2. The molecule has 0 aliphatic carbocycles. The molecule has 0 aliphatic heterocycles. The number of hydrogen-bond donors (Lipinski definition) is 2. The van der Waals surface area contributed by atoms with Gasteiger partial charge in [-0.1, -0.05) is 66.7 Å². The van der Waals surface area contributed by atoms with E-state index in [-0.39, 0.29) is 12.5 Å². The highest BCUT2D eigenvalue weighted by Gasteiger charge is 2.01. The standard InChI is InChI=1S/C20H22N2O3/c1-21-19(23)14-17-11-9-16(10-12-17)8-5-13-22-20(24)25-15-18-6-3-2-4-7-18/h2-12H,13-15H2,1H3,(H,21,23)(H,22,24). The fourth-order valence-electron chi connectivity index (χ4n) is 2.13. The van der Waals surface area contributed by atoms with E-state index in [0.717, 1.165) is 16.7 Å². The molecule has 0 aromatic heterocycles. The molecular formula is C20H22N2O3. The van der Waals surface area contributed by atoms with Crippen LogP contribution < -0.4 is 10.6 Å². The van der Waals surface area contributed by atoms with Crippen molar-refractivity contribution in [2.45, 2.75) is 13.0 Å². The SMILES string of the molecule is CNC(=O)Cc1ccc(C=CCNC(=O)OCc2ccccc2)cc1. The van der Waals surface area contributed by atoms with Gasteiger partial charge in [-0.3, -0.25) is 4.79 Å². The Hall–Kier alpha value is -3.08. The first-order valence-electron chi connectivity index (χ1n) is 8.08. The molecule has 2 rings (SSSR count). The van der Waals surface area contributed by atoms with Crippen molar-refractivity contribution in [3.05, 3.63) is 77.4 Å². The second-order valence-electron chi connectivity index (χ2n) is 5.44. The number of nitrogens with one attached hydrogen (secondary N) is 2. The first kappa shape index (κ1) is 18.3. The van der Waals surface area contributed by atoms with Crippen LogP contribution >= 0.6 is 0 Å². The summed E-state index contributed by atoms with van der Waals surface area (Å²) in [5.74, 6) is -0.0125. The van der Waals surface area contributed by atoms with E-state index < -0.39 is 6.09 Å². The summed E-state index contributed by atoms with van der Waals surface area (Å²) < 4.78 is 5.12. The Morgan fingerprint density at radius 3 is 2.40 bits per heavy atom. The van der Waals surface area contributed by atoms with Gasteiger partial charge in [0, 0.05) is 13.6 Å². The van der Waals surface area contributed by atoms with E-state index in [1.54, 1.807) is 7.05 Å². The van der Waals surface area contributed by atoms with Crippen molar-refractivity contribution in [2.24, 2.45) is 0 Å². The molecule has 0 radical (unpaired) electrons. The van der Waals surface area contributed by atoms with Crippen LogP contribution in [0, 0.1) is 0 Å². The monoisotopic (exact) mass is 338 g/mol. The van der Waals surface area contributed by atoms with Crippen LogP contribution in [-0.4, -0.2) is 25.6 Å². The van der Waals surface area contributed by atoms with Crippen molar-refractivity contribution >= 4 is 18.1 Å². The molecule has 2 aromatic carbocycles. The highest BCUT2D eigenvalue weighted by molar-refractivity contribution is 5.78. The number of ether oxygens (including phenoxy) is 1. The predicted molar refractivity (Wildman–Crippen MR) is 97.9 cm³/mol. The van der Waals surface area contributed by atoms with Crippen molar-refractivity contribution in [2.75, 3.05) is 13.6 Å². The van der Waals surface area contributed by atoms with Crippen molar-refractivity contribution in [1.82, 2.24) is 10.6 Å². The third-order valence-electron chi connectivity index (χ3n) is 3.51. The number of benzene rings is 2. The molecule has 2 amide bonds. The van der Waals surface area contributed by atoms with Crippen LogP contribution in [0.4, 0.5) is 4.79 Å². The van der Waals surface area contributed by atoms with E-state index >= 15 is 0 Å². The lowest BCUT2D eigenvalue weighted by molar-refractivity contribution is -0.119. The minimum Gasteiger partial charge on any atom is -0.445 e. The predicted octanol–water partition coefficient (Wildman–Crippen LogP) is 2.91. The maximum absolute atomic E-state index is 11.6. The van der Waals surface area contributed by atoms with Crippen LogP contribution in [0.1, 0.15) is 16.7 Å². The van der Waals surface area contributed by atoms with Gasteiger partial charge < -0.3 is 15.4 Å². The van der Waals surface area contributed by atoms with Gasteiger partial charge in [0.05, 0.1) is 6.42 Å². The second-order valence-corrected chi connectivity index (χ2v) is 5.44. The normalized spacial score (nSPS) is 10.4. The van der Waals surface area contributed by atoms with Gasteiger partial charge in [-0.25, -0.2) is 4.79 Å². The third-order valence-corrected chi connectivity index (χ3v) is 3.51. The van der Waals surface area contributed by atoms with Gasteiger partial charge in [0.1, 0.15) is 6.61 Å². The average Bonchev–Trinajstić information content (AvgIpc) is 2.65. The summed E-state index contributed by atoms with van der Waals surface area (Å²) >= 11 is 0. The molecule has 0 fully saturated rings. The molecule has 0 atom stereocenters. The molecule has 5 heteroatoms. The van der Waals surface area contributed by atoms with Crippen LogP contribution in [0.25, 0.3) is 6.08 Å². The van der Waals surface area contributed by atoms with Crippen LogP contribution in [0.15, 0.2) is 60.7 Å². The topological polar surface area (TPSA) is 67.4 Å². The molecule has 0 heterocycles. The zero-order valence-electron chi connectivity index (χ0n) is 14.2. The van der Waals surface area contributed by atoms with Gasteiger partial charge in [-0.15, -0.1) is 0 Å². The molecule has 0 spiro atoms. The molecule has 2 aromatic rings. The van der Waals surface area contributed by atoms with Crippen molar-refractivity contribution in [3.63, 3.8) is 0 Å². The first-order valence-corrected chi connectivity index (χ1v) is 8.08. The van der Waals surface area contributed by atoms with Gasteiger partial charge in [0.15, 0.2) is 0 Å². The Bertz CT molecular complexity index is 709. The summed E-state index contributed by atoms with van der Waals surface area (Å²) in [7, 11) is 1.62. The maximum Gasteiger partial charge on any atom is 0.407 e. The molecule has 0 bridgehead atoms. The Morgan fingerprint density at radius 2 is 1.72 bits per heavy atom. The maximum atomic E-state index is 11.6. The minimum atomic E-state index is -0.450. The van der Waals surface area contributed by atoms with Crippen molar-refractivity contribution < 1.29 is 14.3 Å². The van der Waals surface area contributed by atoms with Gasteiger partial charge in [0.25, 0.3) is 0 Å². The van der Waals surface area contributed by atoms with E-state index in [1.165, 1.54) is 0 Å². The Labute approximate surface area is 147 Å². The minimum absolute atomic E-state index is 0.0125. The van der Waals surface area contributed by atoms with E-state index in [2.05, 4.69) is 10.6 Å². The highest BCUT2D eigenvalue weighted by Crippen LogP contribution is 2.07. The molecule has 2 N–H and O–H groups in total. The molecular weight excluding hydrogens is 316 g/mol. The van der Waals surface area contributed by atoms with Crippen molar-refractivity contribution in [1.29, 1.82) is 0 Å². The second kappa shape index (κ2) is 9.93. The molecule has 5 nitrogen and oxygen atoms in total. The van der Waals surface area contributed by atoms with Gasteiger partial charge in [-0.05, 0) is 16.7 Å².